The molecule has 148 valence electrons. The van der Waals surface area contributed by atoms with E-state index in [9.17, 15) is 13.2 Å². The highest BCUT2D eigenvalue weighted by Gasteiger charge is 2.49. The zero-order chi connectivity index (χ0) is 20.6. The summed E-state index contributed by atoms with van der Waals surface area (Å²) in [4.78, 5) is 12.4. The fourth-order valence-electron chi connectivity index (χ4n) is 4.39. The SMILES string of the molecule is CC1=C[C@]2(OC1=O)c1cccc3c1c(cn3S(=O)(=O)c1ccc(C)cc1)C[C@H]2N. The molecule has 3 aromatic rings. The van der Waals surface area contributed by atoms with Crippen molar-refractivity contribution in [2.45, 2.75) is 36.8 Å². The van der Waals surface area contributed by atoms with Gasteiger partial charge in [0.25, 0.3) is 10.0 Å². The average molecular weight is 408 g/mol. The topological polar surface area (TPSA) is 91.4 Å². The van der Waals surface area contributed by atoms with Crippen molar-refractivity contribution < 1.29 is 17.9 Å². The monoisotopic (exact) mass is 408 g/mol. The van der Waals surface area contributed by atoms with Gasteiger partial charge in [0.05, 0.1) is 16.5 Å². The molecule has 0 saturated heterocycles. The molecule has 29 heavy (non-hydrogen) atoms. The Kier molecular flexibility index (Phi) is 3.63. The molecule has 0 amide bonds. The van der Waals surface area contributed by atoms with E-state index < -0.39 is 27.6 Å². The molecule has 5 rings (SSSR count). The van der Waals surface area contributed by atoms with Crippen molar-refractivity contribution in [1.29, 1.82) is 0 Å². The van der Waals surface area contributed by atoms with E-state index in [0.717, 1.165) is 22.1 Å². The highest BCUT2D eigenvalue weighted by atomic mass is 32.2. The molecule has 0 unspecified atom stereocenters. The first-order valence-corrected chi connectivity index (χ1v) is 10.8. The number of esters is 1. The van der Waals surface area contributed by atoms with Crippen LogP contribution in [0.3, 0.4) is 0 Å². The zero-order valence-corrected chi connectivity index (χ0v) is 16.9. The second kappa shape index (κ2) is 5.81. The second-order valence-corrected chi connectivity index (χ2v) is 9.60. The van der Waals surface area contributed by atoms with Gasteiger partial charge in [-0.05, 0) is 50.1 Å². The number of aromatic nitrogens is 1. The van der Waals surface area contributed by atoms with E-state index in [-0.39, 0.29) is 4.90 Å². The minimum atomic E-state index is -3.78. The Labute approximate surface area is 168 Å². The Morgan fingerprint density at radius 2 is 1.86 bits per heavy atom. The van der Waals surface area contributed by atoms with Crippen molar-refractivity contribution in [2.75, 3.05) is 0 Å². The van der Waals surface area contributed by atoms with Gasteiger partial charge in [0.15, 0.2) is 5.60 Å². The summed E-state index contributed by atoms with van der Waals surface area (Å²) in [7, 11) is -3.78. The molecule has 2 aromatic carbocycles. The Morgan fingerprint density at radius 1 is 1.14 bits per heavy atom. The van der Waals surface area contributed by atoms with Crippen LogP contribution in [0.25, 0.3) is 10.9 Å². The van der Waals surface area contributed by atoms with Crippen molar-refractivity contribution in [2.24, 2.45) is 5.73 Å². The molecule has 0 saturated carbocycles. The number of benzene rings is 2. The second-order valence-electron chi connectivity index (χ2n) is 7.79. The van der Waals surface area contributed by atoms with Gasteiger partial charge in [-0.2, -0.15) is 0 Å². The summed E-state index contributed by atoms with van der Waals surface area (Å²) in [6.45, 7) is 3.61. The minimum absolute atomic E-state index is 0.221. The summed E-state index contributed by atoms with van der Waals surface area (Å²) in [5.74, 6) is -0.396. The quantitative estimate of drug-likeness (QED) is 0.659. The van der Waals surface area contributed by atoms with Crippen LogP contribution in [0.2, 0.25) is 0 Å². The summed E-state index contributed by atoms with van der Waals surface area (Å²) in [6.07, 6.45) is 3.81. The van der Waals surface area contributed by atoms with Crippen LogP contribution in [-0.2, 0) is 31.6 Å². The molecule has 1 aromatic heterocycles. The van der Waals surface area contributed by atoms with E-state index in [1.165, 1.54) is 3.97 Å². The van der Waals surface area contributed by atoms with Crippen LogP contribution in [-0.4, -0.2) is 24.4 Å². The normalized spacial score (nSPS) is 23.5. The van der Waals surface area contributed by atoms with Crippen LogP contribution in [0.15, 0.2) is 65.2 Å². The number of hydrogen-bond acceptors (Lipinski definition) is 5. The number of nitrogens with two attached hydrogens (primary N) is 1. The number of fused-ring (bicyclic) bond motifs is 1. The molecule has 2 N–H and O–H groups in total. The molecular formula is C22H20N2O4S. The van der Waals surface area contributed by atoms with Gasteiger partial charge in [0.1, 0.15) is 0 Å². The summed E-state index contributed by atoms with van der Waals surface area (Å²) in [6, 6.07) is 11.7. The maximum absolute atomic E-state index is 13.4. The van der Waals surface area contributed by atoms with Crippen molar-refractivity contribution in [1.82, 2.24) is 3.97 Å². The zero-order valence-electron chi connectivity index (χ0n) is 16.0. The number of hydrogen-bond donors (Lipinski definition) is 1. The largest absolute Gasteiger partial charge is 0.445 e. The smallest absolute Gasteiger partial charge is 0.334 e. The Bertz CT molecular complexity index is 1320. The Hall–Kier alpha value is -2.90. The van der Waals surface area contributed by atoms with Crippen LogP contribution in [0.4, 0.5) is 0 Å². The number of carbonyl (C=O) groups excluding carboxylic acids is 1. The van der Waals surface area contributed by atoms with Gasteiger partial charge in [-0.1, -0.05) is 29.8 Å². The van der Waals surface area contributed by atoms with Crippen LogP contribution in [0, 0.1) is 6.92 Å². The minimum Gasteiger partial charge on any atom is -0.445 e. The first-order valence-electron chi connectivity index (χ1n) is 9.38. The third-order valence-electron chi connectivity index (χ3n) is 5.88. The van der Waals surface area contributed by atoms with Crippen LogP contribution in [0.1, 0.15) is 23.6 Å². The first-order chi connectivity index (χ1) is 13.7. The van der Waals surface area contributed by atoms with E-state index >= 15 is 0 Å². The average Bonchev–Trinajstić information content (AvgIpc) is 3.20. The third-order valence-corrected chi connectivity index (χ3v) is 7.57. The van der Waals surface area contributed by atoms with E-state index in [2.05, 4.69) is 0 Å². The third kappa shape index (κ3) is 2.37. The van der Waals surface area contributed by atoms with Gasteiger partial charge in [-0.15, -0.1) is 0 Å². The lowest BCUT2D eigenvalue weighted by Crippen LogP contribution is -2.48. The maximum Gasteiger partial charge on any atom is 0.334 e. The molecule has 1 spiro atoms. The lowest BCUT2D eigenvalue weighted by Gasteiger charge is -2.36. The van der Waals surface area contributed by atoms with E-state index in [4.69, 9.17) is 10.5 Å². The van der Waals surface area contributed by atoms with Gasteiger partial charge in [0.2, 0.25) is 0 Å². The van der Waals surface area contributed by atoms with Crippen molar-refractivity contribution >= 4 is 26.9 Å². The van der Waals surface area contributed by atoms with Crippen LogP contribution >= 0.6 is 0 Å². The Morgan fingerprint density at radius 3 is 2.52 bits per heavy atom. The predicted molar refractivity (Wildman–Crippen MR) is 109 cm³/mol. The van der Waals surface area contributed by atoms with E-state index in [1.807, 2.05) is 13.0 Å². The molecule has 0 radical (unpaired) electrons. The van der Waals surface area contributed by atoms with Crippen LogP contribution in [0.5, 0.6) is 0 Å². The number of aryl methyl sites for hydroxylation is 1. The molecule has 0 fully saturated rings. The predicted octanol–water partition coefficient (Wildman–Crippen LogP) is 2.77. The highest BCUT2D eigenvalue weighted by molar-refractivity contribution is 7.90. The van der Waals surface area contributed by atoms with Crippen molar-refractivity contribution in [3.8, 4) is 0 Å². The van der Waals surface area contributed by atoms with Crippen LogP contribution < -0.4 is 5.73 Å². The molecule has 2 aliphatic rings. The molecular weight excluding hydrogens is 388 g/mol. The molecule has 6 nitrogen and oxygen atoms in total. The fourth-order valence-corrected chi connectivity index (χ4v) is 5.77. The number of nitrogens with zero attached hydrogens (tertiary/aromatic N) is 1. The van der Waals surface area contributed by atoms with Gasteiger partial charge >= 0.3 is 5.97 Å². The van der Waals surface area contributed by atoms with Crippen molar-refractivity contribution in [3.05, 3.63) is 77.0 Å². The number of ether oxygens (including phenoxy) is 1. The fraction of sp³-hybridized carbons (Fsp3) is 0.227. The Balaban J connectivity index is 1.77. The summed E-state index contributed by atoms with van der Waals surface area (Å²) in [5, 5.41) is 0.781. The van der Waals surface area contributed by atoms with Gasteiger partial charge in [-0.25, -0.2) is 17.2 Å². The van der Waals surface area contributed by atoms with Gasteiger partial charge in [0, 0.05) is 22.7 Å². The van der Waals surface area contributed by atoms with Gasteiger partial charge < -0.3 is 10.5 Å². The summed E-state index contributed by atoms with van der Waals surface area (Å²) in [5.41, 5.74) is 9.00. The standard InChI is InChI=1S/C22H20N2O4S/c1-13-6-8-16(9-7-13)29(26,27)24-12-15-10-19(23)22(11-14(2)21(25)28-22)17-4-3-5-18(24)20(15)17/h3-9,11-12,19H,10,23H2,1-2H3/t19-,22+/m1/s1. The molecule has 1 aliphatic heterocycles. The molecule has 7 heteroatoms. The summed E-state index contributed by atoms with van der Waals surface area (Å²) < 4.78 is 33.8. The number of carbonyl (C=O) groups is 1. The molecule has 1 aliphatic carbocycles. The molecule has 2 atom stereocenters. The molecule has 2 heterocycles. The van der Waals surface area contributed by atoms with E-state index in [1.54, 1.807) is 55.6 Å². The van der Waals surface area contributed by atoms with E-state index in [0.29, 0.717) is 17.5 Å². The lowest BCUT2D eigenvalue weighted by molar-refractivity contribution is -0.149. The highest BCUT2D eigenvalue weighted by Crippen LogP contribution is 2.46. The molecule has 0 bridgehead atoms. The number of rotatable bonds is 2. The maximum atomic E-state index is 13.4. The van der Waals surface area contributed by atoms with Crippen molar-refractivity contribution in [3.63, 3.8) is 0 Å². The lowest BCUT2D eigenvalue weighted by atomic mass is 9.76. The van der Waals surface area contributed by atoms with Gasteiger partial charge in [-0.3, -0.25) is 0 Å². The first kappa shape index (κ1) is 18.1. The summed E-state index contributed by atoms with van der Waals surface area (Å²) >= 11 is 0.